The fraction of sp³-hybridized carbons (Fsp3) is 0.286. The minimum absolute atomic E-state index is 0.132. The maximum absolute atomic E-state index is 12.8. The van der Waals surface area contributed by atoms with Crippen LogP contribution in [-0.4, -0.2) is 36.5 Å². The van der Waals surface area contributed by atoms with Crippen molar-refractivity contribution < 1.29 is 23.9 Å². The van der Waals surface area contributed by atoms with Crippen molar-refractivity contribution in [1.82, 2.24) is 0 Å². The van der Waals surface area contributed by atoms with Gasteiger partial charge in [-0.2, -0.15) is 0 Å². The molecule has 7 heteroatoms. The maximum Gasteiger partial charge on any atom is 0.347 e. The molecule has 0 spiro atoms. The number of carbonyl (C=O) groups excluding carboxylic acids is 3. The van der Waals surface area contributed by atoms with E-state index in [0.29, 0.717) is 17.1 Å². The van der Waals surface area contributed by atoms with Crippen LogP contribution < -0.4 is 15.0 Å². The third kappa shape index (κ3) is 4.31. The van der Waals surface area contributed by atoms with Crippen LogP contribution in [0.15, 0.2) is 48.5 Å². The first kappa shape index (κ1) is 19.4. The molecule has 28 heavy (non-hydrogen) atoms. The van der Waals surface area contributed by atoms with E-state index in [1.165, 1.54) is 11.8 Å². The Morgan fingerprint density at radius 1 is 1.04 bits per heavy atom. The van der Waals surface area contributed by atoms with Gasteiger partial charge in [-0.05, 0) is 45.0 Å². The van der Waals surface area contributed by atoms with Crippen LogP contribution in [0.2, 0.25) is 0 Å². The van der Waals surface area contributed by atoms with Crippen molar-refractivity contribution in [3.05, 3.63) is 54.1 Å². The van der Waals surface area contributed by atoms with Gasteiger partial charge in [0.2, 0.25) is 5.91 Å². The van der Waals surface area contributed by atoms with Crippen LogP contribution in [0.3, 0.4) is 0 Å². The zero-order valence-electron chi connectivity index (χ0n) is 16.0. The molecule has 0 fully saturated rings. The Morgan fingerprint density at radius 3 is 2.43 bits per heavy atom. The quantitative estimate of drug-likeness (QED) is 0.804. The molecule has 3 rings (SSSR count). The van der Waals surface area contributed by atoms with Gasteiger partial charge in [-0.1, -0.05) is 29.8 Å². The molecule has 0 bridgehead atoms. The van der Waals surface area contributed by atoms with E-state index in [-0.39, 0.29) is 12.5 Å². The van der Waals surface area contributed by atoms with Crippen molar-refractivity contribution in [3.63, 3.8) is 0 Å². The van der Waals surface area contributed by atoms with E-state index < -0.39 is 24.1 Å². The number of rotatable bonds is 5. The van der Waals surface area contributed by atoms with Gasteiger partial charge in [0, 0.05) is 0 Å². The van der Waals surface area contributed by atoms with E-state index in [9.17, 15) is 14.4 Å². The van der Waals surface area contributed by atoms with Crippen LogP contribution in [0, 0.1) is 6.92 Å². The van der Waals surface area contributed by atoms with Crippen LogP contribution in [0.5, 0.6) is 5.75 Å². The monoisotopic (exact) mass is 382 g/mol. The van der Waals surface area contributed by atoms with Gasteiger partial charge >= 0.3 is 5.97 Å². The predicted molar refractivity (Wildman–Crippen MR) is 104 cm³/mol. The molecular weight excluding hydrogens is 360 g/mol. The SMILES string of the molecule is Cc1ccc(O[C@H](C)C(=O)O[C@@H](C)C(=O)N2CC(=O)Nc3ccccc32)cc1. The zero-order valence-corrected chi connectivity index (χ0v) is 16.0. The second-order valence-electron chi connectivity index (χ2n) is 6.64. The summed E-state index contributed by atoms with van der Waals surface area (Å²) in [5.74, 6) is -0.897. The minimum atomic E-state index is -1.06. The highest BCUT2D eigenvalue weighted by Gasteiger charge is 2.32. The number of hydrogen-bond acceptors (Lipinski definition) is 5. The number of para-hydroxylation sites is 2. The van der Waals surface area contributed by atoms with Crippen LogP contribution in [0.25, 0.3) is 0 Å². The summed E-state index contributed by atoms with van der Waals surface area (Å²) >= 11 is 0. The summed E-state index contributed by atoms with van der Waals surface area (Å²) in [6, 6.07) is 14.2. The lowest BCUT2D eigenvalue weighted by molar-refractivity contribution is -0.160. The number of amides is 2. The topological polar surface area (TPSA) is 84.9 Å². The van der Waals surface area contributed by atoms with Gasteiger partial charge in [0.15, 0.2) is 12.2 Å². The van der Waals surface area contributed by atoms with Gasteiger partial charge in [0.1, 0.15) is 12.3 Å². The highest BCUT2D eigenvalue weighted by molar-refractivity contribution is 6.11. The number of hydrogen-bond donors (Lipinski definition) is 1. The Balaban J connectivity index is 1.64. The predicted octanol–water partition coefficient (Wildman–Crippen LogP) is 2.68. The summed E-state index contributed by atoms with van der Waals surface area (Å²) in [6.45, 7) is 4.86. The van der Waals surface area contributed by atoms with Gasteiger partial charge < -0.3 is 14.8 Å². The average Bonchev–Trinajstić information content (AvgIpc) is 2.68. The molecule has 1 N–H and O–H groups in total. The molecule has 2 aromatic carbocycles. The van der Waals surface area contributed by atoms with Crippen LogP contribution in [0.1, 0.15) is 19.4 Å². The molecule has 0 unspecified atom stereocenters. The Bertz CT molecular complexity index is 894. The highest BCUT2D eigenvalue weighted by Crippen LogP contribution is 2.29. The van der Waals surface area contributed by atoms with Crippen LogP contribution >= 0.6 is 0 Å². The van der Waals surface area contributed by atoms with E-state index in [1.807, 2.05) is 19.1 Å². The lowest BCUT2D eigenvalue weighted by Crippen LogP contribution is -2.47. The smallest absolute Gasteiger partial charge is 0.347 e. The summed E-state index contributed by atoms with van der Waals surface area (Å²) in [5, 5.41) is 2.71. The Hall–Kier alpha value is -3.35. The molecule has 0 saturated carbocycles. The van der Waals surface area contributed by atoms with Gasteiger partial charge in [0.25, 0.3) is 5.91 Å². The zero-order chi connectivity index (χ0) is 20.3. The molecule has 2 atom stereocenters. The molecule has 0 aliphatic carbocycles. The molecular formula is C21H22N2O5. The number of fused-ring (bicyclic) bond motifs is 1. The molecule has 1 aliphatic rings. The minimum Gasteiger partial charge on any atom is -0.479 e. The standard InChI is InChI=1S/C21H22N2O5/c1-13-8-10-16(11-9-13)27-15(3)21(26)28-14(2)20(25)23-12-19(24)22-17-6-4-5-7-18(17)23/h4-11,14-15H,12H2,1-3H3,(H,22,24)/t14-,15+/m0/s1. The molecule has 2 aromatic rings. The number of anilines is 2. The van der Waals surface area contributed by atoms with Crippen molar-refractivity contribution in [2.45, 2.75) is 33.0 Å². The van der Waals surface area contributed by atoms with E-state index in [0.717, 1.165) is 5.56 Å². The summed E-state index contributed by atoms with van der Waals surface area (Å²) in [6.07, 6.45) is -1.94. The fourth-order valence-corrected chi connectivity index (χ4v) is 2.84. The van der Waals surface area contributed by atoms with Crippen LogP contribution in [-0.2, 0) is 19.1 Å². The highest BCUT2D eigenvalue weighted by atomic mass is 16.6. The summed E-state index contributed by atoms with van der Waals surface area (Å²) in [7, 11) is 0. The van der Waals surface area contributed by atoms with E-state index in [2.05, 4.69) is 5.32 Å². The van der Waals surface area contributed by atoms with Crippen LogP contribution in [0.4, 0.5) is 11.4 Å². The lowest BCUT2D eigenvalue weighted by atomic mass is 10.1. The van der Waals surface area contributed by atoms with E-state index in [1.54, 1.807) is 43.3 Å². The van der Waals surface area contributed by atoms with Gasteiger partial charge in [-0.15, -0.1) is 0 Å². The van der Waals surface area contributed by atoms with Crippen molar-refractivity contribution in [2.24, 2.45) is 0 Å². The summed E-state index contributed by atoms with van der Waals surface area (Å²) in [4.78, 5) is 38.3. The largest absolute Gasteiger partial charge is 0.479 e. The molecule has 2 amide bonds. The maximum atomic E-state index is 12.8. The summed E-state index contributed by atoms with van der Waals surface area (Å²) < 4.78 is 10.9. The van der Waals surface area contributed by atoms with E-state index in [4.69, 9.17) is 9.47 Å². The van der Waals surface area contributed by atoms with Gasteiger partial charge in [-0.3, -0.25) is 14.5 Å². The number of esters is 1. The van der Waals surface area contributed by atoms with Crippen molar-refractivity contribution in [1.29, 1.82) is 0 Å². The summed E-state index contributed by atoms with van der Waals surface area (Å²) in [5.41, 5.74) is 2.19. The molecule has 0 aromatic heterocycles. The fourth-order valence-electron chi connectivity index (χ4n) is 2.84. The van der Waals surface area contributed by atoms with Crippen molar-refractivity contribution in [3.8, 4) is 5.75 Å². The number of aryl methyl sites for hydroxylation is 1. The first-order chi connectivity index (χ1) is 13.3. The molecule has 7 nitrogen and oxygen atoms in total. The number of benzene rings is 2. The second-order valence-corrected chi connectivity index (χ2v) is 6.64. The molecule has 0 radical (unpaired) electrons. The van der Waals surface area contributed by atoms with E-state index >= 15 is 0 Å². The Morgan fingerprint density at radius 2 is 1.71 bits per heavy atom. The normalized spacial score (nSPS) is 15.1. The average molecular weight is 382 g/mol. The van der Waals surface area contributed by atoms with Gasteiger partial charge in [-0.25, -0.2) is 4.79 Å². The number of nitrogens with zero attached hydrogens (tertiary/aromatic N) is 1. The van der Waals surface area contributed by atoms with Crippen molar-refractivity contribution >= 4 is 29.2 Å². The first-order valence-corrected chi connectivity index (χ1v) is 8.99. The first-order valence-electron chi connectivity index (χ1n) is 8.99. The second kappa shape index (κ2) is 8.12. The Kier molecular flexibility index (Phi) is 5.63. The Labute approximate surface area is 163 Å². The molecule has 1 aliphatic heterocycles. The molecule has 0 saturated heterocycles. The van der Waals surface area contributed by atoms with Crippen molar-refractivity contribution in [2.75, 3.05) is 16.8 Å². The molecule has 1 heterocycles. The number of carbonyl (C=O) groups is 3. The lowest BCUT2D eigenvalue weighted by Gasteiger charge is -2.31. The molecule has 146 valence electrons. The van der Waals surface area contributed by atoms with Gasteiger partial charge in [0.05, 0.1) is 11.4 Å². The third-order valence-corrected chi connectivity index (χ3v) is 4.34. The number of nitrogens with one attached hydrogen (secondary N) is 1. The number of ether oxygens (including phenoxy) is 2. The third-order valence-electron chi connectivity index (χ3n) is 4.34.